The fourth-order valence-corrected chi connectivity index (χ4v) is 1.58. The largest absolute Gasteiger partial charge is 0.465 e. The standard InChI is InChI=1S/C8H8BrN3O2/c9-5-1-2-14-7(5)6(13)4-3-11-12-8(4)10/h1-3,6,13H,(H3,10,11,12). The van der Waals surface area contributed by atoms with E-state index in [1.807, 2.05) is 0 Å². The maximum Gasteiger partial charge on any atom is 0.151 e. The summed E-state index contributed by atoms with van der Waals surface area (Å²) in [5, 5.41) is 16.1. The zero-order chi connectivity index (χ0) is 10.1. The average Bonchev–Trinajstić information content (AvgIpc) is 2.73. The lowest BCUT2D eigenvalue weighted by Crippen LogP contribution is -2.01. The predicted molar refractivity (Wildman–Crippen MR) is 53.5 cm³/mol. The molecule has 2 aromatic rings. The fraction of sp³-hybridized carbons (Fsp3) is 0.125. The van der Waals surface area contributed by atoms with Crippen molar-refractivity contribution in [2.24, 2.45) is 0 Å². The molecule has 0 aliphatic rings. The first-order chi connectivity index (χ1) is 6.70. The van der Waals surface area contributed by atoms with E-state index in [9.17, 15) is 5.11 Å². The molecule has 2 aromatic heterocycles. The highest BCUT2D eigenvalue weighted by atomic mass is 79.9. The first-order valence-electron chi connectivity index (χ1n) is 3.90. The fourth-order valence-electron chi connectivity index (χ4n) is 1.17. The summed E-state index contributed by atoms with van der Waals surface area (Å²) in [6.07, 6.45) is 2.05. The summed E-state index contributed by atoms with van der Waals surface area (Å²) in [6, 6.07) is 1.70. The number of H-pyrrole nitrogens is 1. The Morgan fingerprint density at radius 1 is 1.64 bits per heavy atom. The number of hydrogen-bond donors (Lipinski definition) is 3. The van der Waals surface area contributed by atoms with Crippen LogP contribution in [0.1, 0.15) is 17.4 Å². The molecular weight excluding hydrogens is 250 g/mol. The second kappa shape index (κ2) is 3.47. The number of nitrogens with zero attached hydrogens (tertiary/aromatic N) is 1. The molecule has 0 aromatic carbocycles. The van der Waals surface area contributed by atoms with Crippen LogP contribution in [0.4, 0.5) is 5.82 Å². The summed E-state index contributed by atoms with van der Waals surface area (Å²) >= 11 is 3.25. The third-order valence-corrected chi connectivity index (χ3v) is 2.54. The van der Waals surface area contributed by atoms with E-state index in [4.69, 9.17) is 10.2 Å². The molecular formula is C8H8BrN3O2. The number of nitrogen functional groups attached to an aromatic ring is 1. The zero-order valence-corrected chi connectivity index (χ0v) is 8.65. The first-order valence-corrected chi connectivity index (χ1v) is 4.69. The van der Waals surface area contributed by atoms with E-state index >= 15 is 0 Å². The average molecular weight is 258 g/mol. The topological polar surface area (TPSA) is 88.1 Å². The van der Waals surface area contributed by atoms with Crippen molar-refractivity contribution in [1.29, 1.82) is 0 Å². The lowest BCUT2D eigenvalue weighted by molar-refractivity contribution is 0.189. The number of aliphatic hydroxyl groups is 1. The van der Waals surface area contributed by atoms with Crippen molar-refractivity contribution in [3.8, 4) is 0 Å². The second-order valence-electron chi connectivity index (χ2n) is 2.77. The molecule has 0 bridgehead atoms. The van der Waals surface area contributed by atoms with Crippen molar-refractivity contribution >= 4 is 21.7 Å². The Morgan fingerprint density at radius 3 is 2.93 bits per heavy atom. The van der Waals surface area contributed by atoms with Crippen LogP contribution < -0.4 is 5.73 Å². The molecule has 0 fully saturated rings. The van der Waals surface area contributed by atoms with Gasteiger partial charge < -0.3 is 15.3 Å². The van der Waals surface area contributed by atoms with Gasteiger partial charge in [0.15, 0.2) is 5.76 Å². The number of anilines is 1. The van der Waals surface area contributed by atoms with E-state index < -0.39 is 6.10 Å². The van der Waals surface area contributed by atoms with Gasteiger partial charge in [0.1, 0.15) is 11.9 Å². The minimum atomic E-state index is -0.905. The predicted octanol–water partition coefficient (Wildman–Crippen LogP) is 1.43. The Bertz CT molecular complexity index is 397. The van der Waals surface area contributed by atoms with E-state index in [1.54, 1.807) is 6.07 Å². The molecule has 0 amide bonds. The van der Waals surface area contributed by atoms with Gasteiger partial charge in [0.05, 0.1) is 16.9 Å². The van der Waals surface area contributed by atoms with Gasteiger partial charge >= 0.3 is 0 Å². The smallest absolute Gasteiger partial charge is 0.151 e. The van der Waals surface area contributed by atoms with Gasteiger partial charge in [-0.3, -0.25) is 5.10 Å². The Hall–Kier alpha value is -1.27. The van der Waals surface area contributed by atoms with Crippen LogP contribution in [0.2, 0.25) is 0 Å². The lowest BCUT2D eigenvalue weighted by Gasteiger charge is -2.06. The molecule has 14 heavy (non-hydrogen) atoms. The van der Waals surface area contributed by atoms with Crippen molar-refractivity contribution in [1.82, 2.24) is 10.2 Å². The van der Waals surface area contributed by atoms with Gasteiger partial charge in [-0.15, -0.1) is 0 Å². The van der Waals surface area contributed by atoms with E-state index in [1.165, 1.54) is 12.5 Å². The van der Waals surface area contributed by atoms with Crippen LogP contribution in [0, 0.1) is 0 Å². The number of rotatable bonds is 2. The molecule has 4 N–H and O–H groups in total. The second-order valence-corrected chi connectivity index (χ2v) is 3.63. The number of nitrogens with one attached hydrogen (secondary N) is 1. The number of aromatic amines is 1. The summed E-state index contributed by atoms with van der Waals surface area (Å²) in [5.41, 5.74) is 6.06. The minimum absolute atomic E-state index is 0.334. The molecule has 6 heteroatoms. The van der Waals surface area contributed by atoms with Crippen molar-refractivity contribution in [2.75, 3.05) is 5.73 Å². The summed E-state index contributed by atoms with van der Waals surface area (Å²) in [4.78, 5) is 0. The van der Waals surface area contributed by atoms with Crippen LogP contribution in [-0.4, -0.2) is 15.3 Å². The van der Waals surface area contributed by atoms with Crippen LogP contribution in [-0.2, 0) is 0 Å². The number of furan rings is 1. The van der Waals surface area contributed by atoms with Gasteiger partial charge in [-0.1, -0.05) is 0 Å². The molecule has 0 radical (unpaired) electrons. The van der Waals surface area contributed by atoms with Gasteiger partial charge in [0, 0.05) is 5.56 Å². The third-order valence-electron chi connectivity index (χ3n) is 1.89. The van der Waals surface area contributed by atoms with Crippen LogP contribution in [0.3, 0.4) is 0 Å². The molecule has 0 saturated heterocycles. The molecule has 74 valence electrons. The van der Waals surface area contributed by atoms with Crippen molar-refractivity contribution in [2.45, 2.75) is 6.10 Å². The summed E-state index contributed by atoms with van der Waals surface area (Å²) in [7, 11) is 0. The van der Waals surface area contributed by atoms with E-state index in [0.717, 1.165) is 0 Å². The SMILES string of the molecule is Nc1[nH]ncc1C(O)c1occc1Br. The van der Waals surface area contributed by atoms with Crippen LogP contribution in [0.25, 0.3) is 0 Å². The molecule has 0 saturated carbocycles. The summed E-state index contributed by atoms with van der Waals surface area (Å²) in [5.74, 6) is 0.749. The van der Waals surface area contributed by atoms with Crippen LogP contribution in [0.5, 0.6) is 0 Å². The number of aliphatic hydroxyl groups excluding tert-OH is 1. The van der Waals surface area contributed by atoms with E-state index in [-0.39, 0.29) is 0 Å². The van der Waals surface area contributed by atoms with Crippen LogP contribution >= 0.6 is 15.9 Å². The molecule has 1 atom stereocenters. The van der Waals surface area contributed by atoms with E-state index in [2.05, 4.69) is 26.1 Å². The Balaban J connectivity index is 2.38. The highest BCUT2D eigenvalue weighted by Gasteiger charge is 2.20. The van der Waals surface area contributed by atoms with Crippen molar-refractivity contribution in [3.05, 3.63) is 34.3 Å². The molecule has 1 unspecified atom stereocenters. The quantitative estimate of drug-likeness (QED) is 0.760. The number of hydrogen-bond acceptors (Lipinski definition) is 4. The minimum Gasteiger partial charge on any atom is -0.465 e. The highest BCUT2D eigenvalue weighted by molar-refractivity contribution is 9.10. The van der Waals surface area contributed by atoms with Gasteiger partial charge in [-0.05, 0) is 22.0 Å². The molecule has 0 aliphatic carbocycles. The van der Waals surface area contributed by atoms with Gasteiger partial charge in [0.2, 0.25) is 0 Å². The third kappa shape index (κ3) is 1.42. The number of halogens is 1. The highest BCUT2D eigenvalue weighted by Crippen LogP contribution is 2.30. The van der Waals surface area contributed by atoms with Crippen molar-refractivity contribution in [3.63, 3.8) is 0 Å². The zero-order valence-electron chi connectivity index (χ0n) is 7.07. The normalized spacial score (nSPS) is 13.0. The van der Waals surface area contributed by atoms with Crippen molar-refractivity contribution < 1.29 is 9.52 Å². The Kier molecular flexibility index (Phi) is 2.30. The first kappa shape index (κ1) is 9.29. The van der Waals surface area contributed by atoms with Gasteiger partial charge in [-0.25, -0.2) is 0 Å². The van der Waals surface area contributed by atoms with Gasteiger partial charge in [0.25, 0.3) is 0 Å². The maximum atomic E-state index is 9.87. The Labute approximate surface area is 88.0 Å². The van der Waals surface area contributed by atoms with Crippen LogP contribution in [0.15, 0.2) is 27.4 Å². The monoisotopic (exact) mass is 257 g/mol. The molecule has 0 spiro atoms. The van der Waals surface area contributed by atoms with E-state index in [0.29, 0.717) is 21.6 Å². The Morgan fingerprint density at radius 2 is 2.43 bits per heavy atom. The number of aromatic nitrogens is 2. The number of nitrogens with two attached hydrogens (primary N) is 1. The maximum absolute atomic E-state index is 9.87. The van der Waals surface area contributed by atoms with Gasteiger partial charge in [-0.2, -0.15) is 5.10 Å². The molecule has 5 nitrogen and oxygen atoms in total. The summed E-state index contributed by atoms with van der Waals surface area (Å²) < 4.78 is 5.81. The molecule has 2 rings (SSSR count). The lowest BCUT2D eigenvalue weighted by atomic mass is 10.1. The molecule has 0 aliphatic heterocycles. The molecule has 2 heterocycles. The summed E-state index contributed by atoms with van der Waals surface area (Å²) in [6.45, 7) is 0.